The molecule has 1 aliphatic heterocycles. The number of carbonyl (C=O) groups is 2. The van der Waals surface area contributed by atoms with Crippen LogP contribution in [-0.2, 0) is 23.8 Å². The first kappa shape index (κ1) is 15.7. The number of nitrogens with zero attached hydrogens (tertiary/aromatic N) is 3. The Kier molecular flexibility index (Phi) is 5.59. The lowest BCUT2D eigenvalue weighted by atomic mass is 9.99. The Hall–Kier alpha value is -1.31. The largest absolute Gasteiger partial charge is 0.458 e. The second-order valence-corrected chi connectivity index (χ2v) is 4.94. The molecule has 0 aromatic carbocycles. The number of azide groups is 1. The van der Waals surface area contributed by atoms with Crippen molar-refractivity contribution in [1.82, 2.24) is 0 Å². The minimum absolute atomic E-state index is 0.511. The summed E-state index contributed by atoms with van der Waals surface area (Å²) < 4.78 is 15.7. The summed E-state index contributed by atoms with van der Waals surface area (Å²) in [7, 11) is 0. The summed E-state index contributed by atoms with van der Waals surface area (Å²) >= 11 is 3.20. The molecule has 8 nitrogen and oxygen atoms in total. The van der Waals surface area contributed by atoms with Crippen molar-refractivity contribution in [3.8, 4) is 0 Å². The van der Waals surface area contributed by atoms with E-state index in [4.69, 9.17) is 19.7 Å². The Balaban J connectivity index is 3.05. The maximum Gasteiger partial charge on any atom is 0.303 e. The minimum atomic E-state index is -0.898. The zero-order valence-electron chi connectivity index (χ0n) is 10.6. The van der Waals surface area contributed by atoms with Crippen molar-refractivity contribution in [3.05, 3.63) is 10.4 Å². The van der Waals surface area contributed by atoms with Crippen LogP contribution in [0.1, 0.15) is 20.8 Å². The lowest BCUT2D eigenvalue weighted by Gasteiger charge is -2.40. The highest BCUT2D eigenvalue weighted by atomic mass is 79.9. The van der Waals surface area contributed by atoms with Crippen molar-refractivity contribution in [2.45, 2.75) is 50.1 Å². The average Bonchev–Trinajstić information content (AvgIpc) is 2.28. The first-order valence-electron chi connectivity index (χ1n) is 5.55. The van der Waals surface area contributed by atoms with Crippen LogP contribution in [0, 0.1) is 0 Å². The van der Waals surface area contributed by atoms with Gasteiger partial charge in [0.05, 0.1) is 6.10 Å². The van der Waals surface area contributed by atoms with Gasteiger partial charge in [0.25, 0.3) is 0 Å². The molecule has 5 atom stereocenters. The van der Waals surface area contributed by atoms with E-state index < -0.39 is 41.3 Å². The summed E-state index contributed by atoms with van der Waals surface area (Å²) in [6.45, 7) is 4.13. The summed E-state index contributed by atoms with van der Waals surface area (Å²) in [5, 5.41) is 2.90. The summed E-state index contributed by atoms with van der Waals surface area (Å²) in [6.07, 6.45) is -2.24. The molecule has 0 bridgehead atoms. The molecule has 106 valence electrons. The van der Waals surface area contributed by atoms with Crippen molar-refractivity contribution in [2.75, 3.05) is 0 Å². The molecule has 0 aromatic rings. The lowest BCUT2D eigenvalue weighted by molar-refractivity contribution is -0.197. The lowest BCUT2D eigenvalue weighted by Crippen LogP contribution is -2.57. The third-order valence-electron chi connectivity index (χ3n) is 2.53. The number of halogens is 1. The molecule has 0 aliphatic carbocycles. The van der Waals surface area contributed by atoms with E-state index in [2.05, 4.69) is 26.0 Å². The highest BCUT2D eigenvalue weighted by molar-refractivity contribution is 9.09. The van der Waals surface area contributed by atoms with Gasteiger partial charge in [0.15, 0.2) is 12.2 Å². The van der Waals surface area contributed by atoms with Gasteiger partial charge in [-0.05, 0) is 12.5 Å². The fraction of sp³-hybridized carbons (Fsp3) is 0.800. The molecule has 0 radical (unpaired) electrons. The predicted octanol–water partition coefficient (Wildman–Crippen LogP) is 1.67. The monoisotopic (exact) mass is 335 g/mol. The van der Waals surface area contributed by atoms with E-state index in [9.17, 15) is 9.59 Å². The number of ether oxygens (including phenoxy) is 3. The number of rotatable bonds is 3. The van der Waals surface area contributed by atoms with E-state index in [0.29, 0.717) is 0 Å². The summed E-state index contributed by atoms with van der Waals surface area (Å²) in [6, 6.07) is -0.825. The smallest absolute Gasteiger partial charge is 0.303 e. The van der Waals surface area contributed by atoms with Gasteiger partial charge in [0.1, 0.15) is 11.1 Å². The van der Waals surface area contributed by atoms with Crippen LogP contribution in [0.5, 0.6) is 0 Å². The quantitative estimate of drug-likeness (QED) is 0.256. The summed E-state index contributed by atoms with van der Waals surface area (Å²) in [4.78, 5) is 24.9. The van der Waals surface area contributed by atoms with E-state index in [-0.39, 0.29) is 0 Å². The Morgan fingerprint density at radius 3 is 2.26 bits per heavy atom. The summed E-state index contributed by atoms with van der Waals surface area (Å²) in [5.74, 6) is -1.10. The van der Waals surface area contributed by atoms with Crippen molar-refractivity contribution in [2.24, 2.45) is 5.11 Å². The second kappa shape index (κ2) is 6.74. The molecule has 0 spiro atoms. The Morgan fingerprint density at radius 1 is 1.26 bits per heavy atom. The van der Waals surface area contributed by atoms with Gasteiger partial charge in [0, 0.05) is 18.8 Å². The van der Waals surface area contributed by atoms with Crippen LogP contribution < -0.4 is 0 Å². The first-order chi connectivity index (χ1) is 8.86. The Labute approximate surface area is 118 Å². The number of carbonyl (C=O) groups excluding carboxylic acids is 2. The Morgan fingerprint density at radius 2 is 1.79 bits per heavy atom. The van der Waals surface area contributed by atoms with Crippen LogP contribution in [0.15, 0.2) is 5.11 Å². The van der Waals surface area contributed by atoms with E-state index in [1.165, 1.54) is 13.8 Å². The number of hydrogen-bond acceptors (Lipinski definition) is 6. The molecule has 0 amide bonds. The highest BCUT2D eigenvalue weighted by Crippen LogP contribution is 2.31. The van der Waals surface area contributed by atoms with Crippen molar-refractivity contribution in [3.63, 3.8) is 0 Å². The third-order valence-corrected chi connectivity index (χ3v) is 3.28. The molecule has 19 heavy (non-hydrogen) atoms. The molecule has 0 aromatic heterocycles. The van der Waals surface area contributed by atoms with Gasteiger partial charge >= 0.3 is 11.9 Å². The molecule has 1 saturated heterocycles. The van der Waals surface area contributed by atoms with E-state index in [0.717, 1.165) is 0 Å². The minimum Gasteiger partial charge on any atom is -0.458 e. The molecule has 1 rings (SSSR count). The summed E-state index contributed by atoms with van der Waals surface area (Å²) in [5.41, 5.74) is 8.56. The van der Waals surface area contributed by atoms with E-state index in [1.807, 2.05) is 0 Å². The van der Waals surface area contributed by atoms with Crippen LogP contribution in [0.25, 0.3) is 10.4 Å². The van der Waals surface area contributed by atoms with Gasteiger partial charge in [-0.15, -0.1) is 0 Å². The van der Waals surface area contributed by atoms with Gasteiger partial charge in [-0.2, -0.15) is 0 Å². The van der Waals surface area contributed by atoms with E-state index >= 15 is 0 Å². The van der Waals surface area contributed by atoms with Gasteiger partial charge in [0.2, 0.25) is 0 Å². The molecule has 1 aliphatic rings. The molecular formula is C10H14BrN3O5. The second-order valence-electron chi connectivity index (χ2n) is 4.04. The molecule has 1 unspecified atom stereocenters. The molecule has 1 fully saturated rings. The molecule has 9 heteroatoms. The third kappa shape index (κ3) is 4.09. The SMILES string of the molecule is CC(=O)O[C@@H]1[C@H](OC(C)=O)[C@H](C)OC(Br)[C@H]1N=[N+]=[N-]. The maximum absolute atomic E-state index is 11.2. The van der Waals surface area contributed by atoms with Crippen molar-refractivity contribution >= 4 is 27.9 Å². The van der Waals surface area contributed by atoms with E-state index in [1.54, 1.807) is 6.92 Å². The first-order valence-corrected chi connectivity index (χ1v) is 6.46. The van der Waals surface area contributed by atoms with Crippen LogP contribution >= 0.6 is 15.9 Å². The molecular weight excluding hydrogens is 322 g/mol. The fourth-order valence-corrected chi connectivity index (χ4v) is 2.58. The van der Waals surface area contributed by atoms with Gasteiger partial charge < -0.3 is 14.2 Å². The normalized spacial score (nSPS) is 34.0. The predicted molar refractivity (Wildman–Crippen MR) is 67.3 cm³/mol. The fourth-order valence-electron chi connectivity index (χ4n) is 1.83. The topological polar surface area (TPSA) is 111 Å². The number of hydrogen-bond donors (Lipinski definition) is 0. The van der Waals surface area contributed by atoms with Crippen LogP contribution in [0.3, 0.4) is 0 Å². The van der Waals surface area contributed by atoms with Gasteiger partial charge in [-0.3, -0.25) is 9.59 Å². The van der Waals surface area contributed by atoms with Gasteiger partial charge in [-0.1, -0.05) is 21.0 Å². The molecule has 0 N–H and O–H groups in total. The average molecular weight is 336 g/mol. The maximum atomic E-state index is 11.2. The van der Waals surface area contributed by atoms with Crippen LogP contribution in [0.4, 0.5) is 0 Å². The van der Waals surface area contributed by atoms with Crippen molar-refractivity contribution in [1.29, 1.82) is 0 Å². The zero-order valence-corrected chi connectivity index (χ0v) is 12.2. The van der Waals surface area contributed by atoms with Crippen molar-refractivity contribution < 1.29 is 23.8 Å². The number of alkyl halides is 1. The van der Waals surface area contributed by atoms with Crippen LogP contribution in [-0.4, -0.2) is 41.3 Å². The van der Waals surface area contributed by atoms with Crippen LogP contribution in [0.2, 0.25) is 0 Å². The Bertz CT molecular complexity index is 412. The molecule has 1 heterocycles. The zero-order chi connectivity index (χ0) is 14.6. The standard InChI is InChI=1S/C10H14BrN3O5/c1-4-8(18-5(2)15)9(19-6(3)16)7(13-14-12)10(11)17-4/h4,7-10H,1-3H3/t4-,7-,8+,9-,10?/m0/s1. The molecule has 0 saturated carbocycles. The highest BCUT2D eigenvalue weighted by Gasteiger charge is 2.47. The number of esters is 2. The van der Waals surface area contributed by atoms with Gasteiger partial charge in [-0.25, -0.2) is 0 Å².